The predicted molar refractivity (Wildman–Crippen MR) is 62.9 cm³/mol. The molecule has 0 radical (unpaired) electrons. The Morgan fingerprint density at radius 1 is 1.47 bits per heavy atom. The third kappa shape index (κ3) is 2.87. The molecule has 0 spiro atoms. The van der Waals surface area contributed by atoms with Crippen LogP contribution in [0.3, 0.4) is 0 Å². The van der Waals surface area contributed by atoms with Crippen LogP contribution in [0.2, 0.25) is 0 Å². The van der Waals surface area contributed by atoms with E-state index in [2.05, 4.69) is 10.3 Å². The van der Waals surface area contributed by atoms with Gasteiger partial charge in [-0.2, -0.15) is 0 Å². The van der Waals surface area contributed by atoms with Crippen LogP contribution in [0, 0.1) is 5.92 Å². The van der Waals surface area contributed by atoms with Gasteiger partial charge in [0.05, 0.1) is 26.1 Å². The van der Waals surface area contributed by atoms with E-state index in [1.165, 1.54) is 7.11 Å². The summed E-state index contributed by atoms with van der Waals surface area (Å²) in [5, 5.41) is 3.15. The molecule has 1 saturated carbocycles. The number of nitrogens with zero attached hydrogens (tertiary/aromatic N) is 1. The van der Waals surface area contributed by atoms with Gasteiger partial charge < -0.3 is 14.8 Å². The van der Waals surface area contributed by atoms with Crippen LogP contribution in [-0.2, 0) is 9.53 Å². The van der Waals surface area contributed by atoms with Crippen molar-refractivity contribution in [1.29, 1.82) is 0 Å². The first-order valence-electron chi connectivity index (χ1n) is 5.59. The lowest BCUT2D eigenvalue weighted by Gasteiger charge is -2.16. The summed E-state index contributed by atoms with van der Waals surface area (Å²) in [6.45, 7) is 0. The van der Waals surface area contributed by atoms with Gasteiger partial charge in [0.25, 0.3) is 0 Å². The average molecular weight is 236 g/mol. The number of methoxy groups -OCH3 is 2. The Morgan fingerprint density at radius 3 is 2.71 bits per heavy atom. The van der Waals surface area contributed by atoms with Gasteiger partial charge >= 0.3 is 5.97 Å². The normalized spacial score (nSPS) is 16.1. The Balaban J connectivity index is 2.03. The van der Waals surface area contributed by atoms with Gasteiger partial charge in [0.1, 0.15) is 6.04 Å². The fourth-order valence-corrected chi connectivity index (χ4v) is 1.69. The van der Waals surface area contributed by atoms with Crippen LogP contribution >= 0.6 is 0 Å². The molecule has 0 aromatic carbocycles. The molecule has 0 amide bonds. The van der Waals surface area contributed by atoms with E-state index >= 15 is 0 Å². The molecule has 0 saturated heterocycles. The SMILES string of the molecule is COC(=O)C(Nc1ccc(OC)nc1)C1CC1. The number of carbonyl (C=O) groups is 1. The van der Waals surface area contributed by atoms with Gasteiger partial charge in [0, 0.05) is 6.07 Å². The molecule has 5 heteroatoms. The summed E-state index contributed by atoms with van der Waals surface area (Å²) in [4.78, 5) is 15.7. The van der Waals surface area contributed by atoms with Crippen molar-refractivity contribution in [2.45, 2.75) is 18.9 Å². The average Bonchev–Trinajstić information content (AvgIpc) is 3.20. The second-order valence-electron chi connectivity index (χ2n) is 4.07. The zero-order valence-corrected chi connectivity index (χ0v) is 9.97. The van der Waals surface area contributed by atoms with Gasteiger partial charge in [-0.15, -0.1) is 0 Å². The minimum Gasteiger partial charge on any atom is -0.481 e. The molecule has 1 heterocycles. The minimum atomic E-state index is -0.268. The lowest BCUT2D eigenvalue weighted by Crippen LogP contribution is -2.32. The van der Waals surface area contributed by atoms with E-state index in [-0.39, 0.29) is 12.0 Å². The highest BCUT2D eigenvalue weighted by Gasteiger charge is 2.36. The minimum absolute atomic E-state index is 0.219. The lowest BCUT2D eigenvalue weighted by atomic mass is 10.2. The van der Waals surface area contributed by atoms with Gasteiger partial charge in [-0.25, -0.2) is 9.78 Å². The summed E-state index contributed by atoms with van der Waals surface area (Å²) >= 11 is 0. The zero-order valence-electron chi connectivity index (χ0n) is 9.97. The van der Waals surface area contributed by atoms with Crippen molar-refractivity contribution < 1.29 is 14.3 Å². The van der Waals surface area contributed by atoms with Gasteiger partial charge in [-0.1, -0.05) is 0 Å². The number of pyridine rings is 1. The van der Waals surface area contributed by atoms with Crippen molar-refractivity contribution in [2.75, 3.05) is 19.5 Å². The van der Waals surface area contributed by atoms with Gasteiger partial charge in [-0.3, -0.25) is 0 Å². The quantitative estimate of drug-likeness (QED) is 0.784. The maximum absolute atomic E-state index is 11.6. The van der Waals surface area contributed by atoms with Crippen molar-refractivity contribution in [2.24, 2.45) is 5.92 Å². The Kier molecular flexibility index (Phi) is 3.46. The fraction of sp³-hybridized carbons (Fsp3) is 0.500. The fourth-order valence-electron chi connectivity index (χ4n) is 1.69. The summed E-state index contributed by atoms with van der Waals surface area (Å²) in [6, 6.07) is 3.32. The first kappa shape index (κ1) is 11.7. The second-order valence-corrected chi connectivity index (χ2v) is 4.07. The van der Waals surface area contributed by atoms with Crippen molar-refractivity contribution in [3.63, 3.8) is 0 Å². The number of hydrogen-bond acceptors (Lipinski definition) is 5. The molecule has 1 aliphatic carbocycles. The number of rotatable bonds is 5. The Labute approximate surface area is 100 Å². The maximum Gasteiger partial charge on any atom is 0.328 e. The number of esters is 1. The zero-order chi connectivity index (χ0) is 12.3. The summed E-state index contributed by atoms with van der Waals surface area (Å²) in [5.74, 6) is 0.712. The van der Waals surface area contributed by atoms with E-state index in [9.17, 15) is 4.79 Å². The Morgan fingerprint density at radius 2 is 2.24 bits per heavy atom. The molecule has 92 valence electrons. The van der Waals surface area contributed by atoms with Crippen LogP contribution in [0.1, 0.15) is 12.8 Å². The van der Waals surface area contributed by atoms with Crippen LogP contribution in [0.25, 0.3) is 0 Å². The molecule has 17 heavy (non-hydrogen) atoms. The van der Waals surface area contributed by atoms with Crippen LogP contribution in [0.5, 0.6) is 5.88 Å². The van der Waals surface area contributed by atoms with E-state index < -0.39 is 0 Å². The molecular weight excluding hydrogens is 220 g/mol. The smallest absolute Gasteiger partial charge is 0.328 e. The van der Waals surface area contributed by atoms with Crippen LogP contribution in [0.15, 0.2) is 18.3 Å². The highest BCUT2D eigenvalue weighted by molar-refractivity contribution is 5.80. The first-order chi connectivity index (χ1) is 8.24. The molecule has 0 aliphatic heterocycles. The predicted octanol–water partition coefficient (Wildman–Crippen LogP) is 1.45. The monoisotopic (exact) mass is 236 g/mol. The summed E-state index contributed by atoms with van der Waals surface area (Å²) < 4.78 is 9.76. The molecule has 1 aromatic heterocycles. The van der Waals surface area contributed by atoms with E-state index in [0.29, 0.717) is 11.8 Å². The highest BCUT2D eigenvalue weighted by atomic mass is 16.5. The lowest BCUT2D eigenvalue weighted by molar-refractivity contribution is -0.142. The molecule has 1 aliphatic rings. The van der Waals surface area contributed by atoms with Crippen LogP contribution in [0.4, 0.5) is 5.69 Å². The first-order valence-corrected chi connectivity index (χ1v) is 5.59. The standard InChI is InChI=1S/C12H16N2O3/c1-16-10-6-5-9(7-13-10)14-11(8-3-4-8)12(15)17-2/h5-8,11,14H,3-4H2,1-2H3. The molecule has 1 aromatic rings. The Bertz CT molecular complexity index is 387. The molecule has 5 nitrogen and oxygen atoms in total. The summed E-state index contributed by atoms with van der Waals surface area (Å²) in [7, 11) is 2.97. The van der Waals surface area contributed by atoms with Crippen LogP contribution < -0.4 is 10.1 Å². The number of anilines is 1. The van der Waals surface area contributed by atoms with Crippen LogP contribution in [-0.4, -0.2) is 31.2 Å². The van der Waals surface area contributed by atoms with E-state index in [4.69, 9.17) is 9.47 Å². The van der Waals surface area contributed by atoms with E-state index in [1.807, 2.05) is 6.07 Å². The molecule has 1 atom stereocenters. The third-order valence-electron chi connectivity index (χ3n) is 2.82. The number of ether oxygens (including phenoxy) is 2. The molecular formula is C12H16N2O3. The van der Waals surface area contributed by atoms with E-state index in [0.717, 1.165) is 18.5 Å². The van der Waals surface area contributed by atoms with Gasteiger partial charge in [-0.05, 0) is 24.8 Å². The third-order valence-corrected chi connectivity index (χ3v) is 2.82. The largest absolute Gasteiger partial charge is 0.481 e. The molecule has 2 rings (SSSR count). The highest BCUT2D eigenvalue weighted by Crippen LogP contribution is 2.34. The van der Waals surface area contributed by atoms with E-state index in [1.54, 1.807) is 19.4 Å². The number of aromatic nitrogens is 1. The second kappa shape index (κ2) is 5.03. The number of nitrogens with one attached hydrogen (secondary N) is 1. The summed E-state index contributed by atoms with van der Waals surface area (Å²) in [5.41, 5.74) is 0.799. The molecule has 0 bridgehead atoms. The van der Waals surface area contributed by atoms with Crippen molar-refractivity contribution >= 4 is 11.7 Å². The van der Waals surface area contributed by atoms with Crippen molar-refractivity contribution in [3.8, 4) is 5.88 Å². The summed E-state index contributed by atoms with van der Waals surface area (Å²) in [6.07, 6.45) is 3.78. The molecule has 1 N–H and O–H groups in total. The van der Waals surface area contributed by atoms with Gasteiger partial charge in [0.2, 0.25) is 5.88 Å². The number of carbonyl (C=O) groups excluding carboxylic acids is 1. The van der Waals surface area contributed by atoms with Gasteiger partial charge in [0.15, 0.2) is 0 Å². The van der Waals surface area contributed by atoms with Crippen molar-refractivity contribution in [1.82, 2.24) is 4.98 Å². The number of hydrogen-bond donors (Lipinski definition) is 1. The Hall–Kier alpha value is -1.78. The topological polar surface area (TPSA) is 60.5 Å². The van der Waals surface area contributed by atoms with Crippen molar-refractivity contribution in [3.05, 3.63) is 18.3 Å². The molecule has 1 unspecified atom stereocenters. The molecule has 1 fully saturated rings. The maximum atomic E-state index is 11.6.